The monoisotopic (exact) mass is 872 g/mol. The minimum absolute atomic E-state index is 0. The van der Waals surface area contributed by atoms with E-state index in [-0.39, 0.29) is 21.1 Å². The summed E-state index contributed by atoms with van der Waals surface area (Å²) < 4.78 is 10.9. The molecule has 0 saturated carbocycles. The summed E-state index contributed by atoms with van der Waals surface area (Å²) in [6.07, 6.45) is 7.62. The molecular weight excluding hydrogens is 846 g/mol. The van der Waals surface area contributed by atoms with Crippen molar-refractivity contribution in [1.29, 1.82) is 0 Å². The van der Waals surface area contributed by atoms with Crippen molar-refractivity contribution in [2.75, 3.05) is 0 Å². The van der Waals surface area contributed by atoms with Gasteiger partial charge in [-0.25, -0.2) is 4.98 Å². The second-order valence-corrected chi connectivity index (χ2v) is 13.1. The number of pyridine rings is 3. The van der Waals surface area contributed by atoms with Gasteiger partial charge < -0.3 is 13.5 Å². The molecular formula is C47H27N5OPt. The number of fused-ring (bicyclic) bond motifs is 12. The Hall–Kier alpha value is -6.62. The van der Waals surface area contributed by atoms with Gasteiger partial charge in [-0.2, -0.15) is 0 Å². The molecule has 7 heteroatoms. The van der Waals surface area contributed by atoms with E-state index in [2.05, 4.69) is 124 Å². The Bertz CT molecular complexity index is 3190. The normalized spacial score (nSPS) is 11.6. The molecule has 0 fully saturated rings. The maximum atomic E-state index is 6.59. The molecule has 6 nitrogen and oxygen atoms in total. The summed E-state index contributed by atoms with van der Waals surface area (Å²) in [7, 11) is 0. The summed E-state index contributed by atoms with van der Waals surface area (Å²) in [4.78, 5) is 14.6. The van der Waals surface area contributed by atoms with Gasteiger partial charge in [0, 0.05) is 47.4 Å². The van der Waals surface area contributed by atoms with Crippen molar-refractivity contribution in [3.63, 3.8) is 0 Å². The van der Waals surface area contributed by atoms with Crippen molar-refractivity contribution < 1.29 is 25.8 Å². The first-order valence-electron chi connectivity index (χ1n) is 17.5. The van der Waals surface area contributed by atoms with Crippen LogP contribution in [-0.2, 0) is 21.1 Å². The van der Waals surface area contributed by atoms with Gasteiger partial charge in [-0.3, -0.25) is 9.97 Å². The first kappa shape index (κ1) is 32.1. The molecule has 0 aliphatic carbocycles. The van der Waals surface area contributed by atoms with Crippen LogP contribution < -0.4 is 4.74 Å². The molecule has 6 aromatic carbocycles. The zero-order valence-electron chi connectivity index (χ0n) is 28.5. The molecule has 54 heavy (non-hydrogen) atoms. The van der Waals surface area contributed by atoms with Crippen LogP contribution in [0.2, 0.25) is 0 Å². The van der Waals surface area contributed by atoms with E-state index in [0.29, 0.717) is 11.5 Å². The van der Waals surface area contributed by atoms with Crippen molar-refractivity contribution in [1.82, 2.24) is 23.8 Å². The van der Waals surface area contributed by atoms with Gasteiger partial charge in [0.05, 0.1) is 17.0 Å². The van der Waals surface area contributed by atoms with E-state index >= 15 is 0 Å². The quantitative estimate of drug-likeness (QED) is 0.128. The van der Waals surface area contributed by atoms with Crippen LogP contribution in [0.25, 0.3) is 88.3 Å². The SMILES string of the molecule is [Pt+2].[c-]1c(Oc2[c-]c3c(cc2)c2cccnc2n2c(-c4ccccc4)cnc32)ccc2c1c1nccn1c1c(-c3ccccc3)ccc(-c3ccccc3)c21. The molecule has 5 heterocycles. The Morgan fingerprint density at radius 1 is 0.481 bits per heavy atom. The third-order valence-electron chi connectivity index (χ3n) is 10.1. The summed E-state index contributed by atoms with van der Waals surface area (Å²) in [6.45, 7) is 0. The second-order valence-electron chi connectivity index (χ2n) is 13.1. The zero-order valence-corrected chi connectivity index (χ0v) is 30.8. The zero-order chi connectivity index (χ0) is 34.9. The molecule has 5 aromatic heterocycles. The molecule has 0 radical (unpaired) electrons. The van der Waals surface area contributed by atoms with Crippen molar-refractivity contribution in [3.05, 3.63) is 176 Å². The van der Waals surface area contributed by atoms with Crippen LogP contribution in [0.4, 0.5) is 0 Å². The van der Waals surface area contributed by atoms with Crippen LogP contribution in [0.5, 0.6) is 11.5 Å². The number of imidazole rings is 2. The van der Waals surface area contributed by atoms with Crippen LogP contribution in [0.15, 0.2) is 164 Å². The predicted octanol–water partition coefficient (Wildman–Crippen LogP) is 11.4. The van der Waals surface area contributed by atoms with Gasteiger partial charge in [0.25, 0.3) is 0 Å². The Morgan fingerprint density at radius 3 is 1.81 bits per heavy atom. The van der Waals surface area contributed by atoms with Crippen molar-refractivity contribution >= 4 is 54.8 Å². The van der Waals surface area contributed by atoms with Crippen LogP contribution in [0.1, 0.15) is 0 Å². The molecule has 0 saturated heterocycles. The minimum atomic E-state index is 0. The molecule has 11 aromatic rings. The molecule has 0 amide bonds. The molecule has 11 rings (SSSR count). The summed E-state index contributed by atoms with van der Waals surface area (Å²) in [5.41, 5.74) is 10.1. The van der Waals surface area contributed by atoms with E-state index in [1.54, 1.807) is 0 Å². The van der Waals surface area contributed by atoms with Crippen LogP contribution >= 0.6 is 0 Å². The molecule has 0 unspecified atom stereocenters. The van der Waals surface area contributed by atoms with Crippen molar-refractivity contribution in [2.24, 2.45) is 0 Å². The number of benzene rings is 6. The van der Waals surface area contributed by atoms with Gasteiger partial charge in [-0.05, 0) is 39.1 Å². The van der Waals surface area contributed by atoms with Crippen molar-refractivity contribution in [2.45, 2.75) is 0 Å². The molecule has 0 spiro atoms. The first-order chi connectivity index (χ1) is 26.3. The van der Waals surface area contributed by atoms with Gasteiger partial charge in [-0.1, -0.05) is 155 Å². The third kappa shape index (κ3) is 4.95. The Balaban J connectivity index is 0.00000361. The summed E-state index contributed by atoms with van der Waals surface area (Å²) in [5.74, 6) is 1.14. The van der Waals surface area contributed by atoms with Crippen LogP contribution in [-0.4, -0.2) is 23.8 Å². The number of rotatable bonds is 5. The second kappa shape index (κ2) is 12.8. The van der Waals surface area contributed by atoms with E-state index in [1.807, 2.05) is 61.2 Å². The number of aromatic nitrogens is 5. The average molecular weight is 873 g/mol. The fraction of sp³-hybridized carbons (Fsp3) is 0. The van der Waals surface area contributed by atoms with E-state index in [9.17, 15) is 0 Å². The Morgan fingerprint density at radius 2 is 1.09 bits per heavy atom. The van der Waals surface area contributed by atoms with Crippen molar-refractivity contribution in [3.8, 4) is 45.0 Å². The number of nitrogens with zero attached hydrogens (tertiary/aromatic N) is 5. The maximum absolute atomic E-state index is 6.59. The Kier molecular flexibility index (Phi) is 7.60. The Labute approximate surface area is 324 Å². The fourth-order valence-electron chi connectivity index (χ4n) is 7.80. The van der Waals surface area contributed by atoms with Crippen LogP contribution in [0.3, 0.4) is 0 Å². The average Bonchev–Trinajstić information content (AvgIpc) is 3.91. The first-order valence-corrected chi connectivity index (χ1v) is 17.5. The van der Waals surface area contributed by atoms with Gasteiger partial charge in [-0.15, -0.1) is 12.1 Å². The van der Waals surface area contributed by atoms with Gasteiger partial charge in [0.15, 0.2) is 0 Å². The molecule has 0 aliphatic rings. The van der Waals surface area contributed by atoms with Gasteiger partial charge >= 0.3 is 21.1 Å². The van der Waals surface area contributed by atoms with E-state index in [0.717, 1.165) is 88.3 Å². The molecule has 0 aliphatic heterocycles. The topological polar surface area (TPSA) is 56.7 Å². The molecule has 0 bridgehead atoms. The van der Waals surface area contributed by atoms with Gasteiger partial charge in [0.2, 0.25) is 0 Å². The van der Waals surface area contributed by atoms with E-state index in [1.165, 1.54) is 0 Å². The third-order valence-corrected chi connectivity index (χ3v) is 10.1. The summed E-state index contributed by atoms with van der Waals surface area (Å²) in [6, 6.07) is 55.2. The maximum Gasteiger partial charge on any atom is 2.00 e. The van der Waals surface area contributed by atoms with Gasteiger partial charge in [0.1, 0.15) is 5.65 Å². The standard InChI is InChI=1S/C47H27N5O.Pt/c1-4-11-30(12-5-1)35-22-23-36(31-13-6-2-7-14-31)44-43(35)38-21-19-34(28-41(38)45-49-25-26-51(44)45)53-33-18-20-37-39-17-10-24-48-46(39)52-42(32-15-8-3-9-16-32)29-50-47(52)40(37)27-33;/h1-26,29H;/q-2;+2. The van der Waals surface area contributed by atoms with E-state index < -0.39 is 0 Å². The number of hydrogen-bond donors (Lipinski definition) is 0. The minimum Gasteiger partial charge on any atom is -0.497 e. The predicted molar refractivity (Wildman–Crippen MR) is 212 cm³/mol. The molecule has 0 N–H and O–H groups in total. The van der Waals surface area contributed by atoms with E-state index in [4.69, 9.17) is 19.7 Å². The molecule has 0 atom stereocenters. The summed E-state index contributed by atoms with van der Waals surface area (Å²) >= 11 is 0. The smallest absolute Gasteiger partial charge is 0.497 e. The summed E-state index contributed by atoms with van der Waals surface area (Å²) in [5, 5.41) is 5.94. The largest absolute Gasteiger partial charge is 2.00 e. The number of hydrogen-bond acceptors (Lipinski definition) is 4. The number of ether oxygens (including phenoxy) is 1. The molecule has 256 valence electrons. The fourth-order valence-corrected chi connectivity index (χ4v) is 7.80. The van der Waals surface area contributed by atoms with Crippen LogP contribution in [0, 0.1) is 12.1 Å².